The van der Waals surface area contributed by atoms with Gasteiger partial charge in [-0.15, -0.1) is 0 Å². The van der Waals surface area contributed by atoms with Crippen LogP contribution in [0.4, 0.5) is 17.5 Å². The van der Waals surface area contributed by atoms with Crippen molar-refractivity contribution in [1.29, 1.82) is 0 Å². The Hall–Kier alpha value is -1.56. The molecule has 1 aliphatic carbocycles. The quantitative estimate of drug-likeness (QED) is 0.641. The Bertz CT molecular complexity index is 730. The molecule has 3 rings (SSSR count). The predicted octanol–water partition coefficient (Wildman–Crippen LogP) is 4.83. The fourth-order valence-corrected chi connectivity index (χ4v) is 3.07. The van der Waals surface area contributed by atoms with Crippen LogP contribution in [0.2, 0.25) is 10.0 Å². The van der Waals surface area contributed by atoms with Crippen molar-refractivity contribution < 1.29 is 5.11 Å². The molecule has 2 aromatic rings. The van der Waals surface area contributed by atoms with Gasteiger partial charge in [0.2, 0.25) is 5.95 Å². The van der Waals surface area contributed by atoms with E-state index in [1.54, 1.807) is 18.2 Å². The zero-order chi connectivity index (χ0) is 18.0. The molecule has 1 aromatic carbocycles. The molecule has 0 spiro atoms. The zero-order valence-electron chi connectivity index (χ0n) is 14.3. The second kappa shape index (κ2) is 7.77. The number of nitrogens with zero attached hydrogens (tertiary/aromatic N) is 2. The lowest BCUT2D eigenvalue weighted by Gasteiger charge is -2.20. The summed E-state index contributed by atoms with van der Waals surface area (Å²) in [5.41, 5.74) is 1.78. The smallest absolute Gasteiger partial charge is 0.225 e. The third kappa shape index (κ3) is 4.97. The average molecular weight is 381 g/mol. The first-order valence-electron chi connectivity index (χ1n) is 8.44. The van der Waals surface area contributed by atoms with E-state index in [0.29, 0.717) is 27.7 Å². The minimum atomic E-state index is -0.0945. The molecule has 1 fully saturated rings. The van der Waals surface area contributed by atoms with Crippen LogP contribution in [-0.2, 0) is 0 Å². The highest BCUT2D eigenvalue weighted by Gasteiger charge is 2.26. The van der Waals surface area contributed by atoms with E-state index in [9.17, 15) is 5.11 Å². The van der Waals surface area contributed by atoms with Crippen molar-refractivity contribution in [2.24, 2.45) is 5.92 Å². The number of aliphatic hydroxyl groups is 1. The van der Waals surface area contributed by atoms with Gasteiger partial charge in [0.1, 0.15) is 5.82 Å². The van der Waals surface area contributed by atoms with E-state index in [1.807, 2.05) is 19.9 Å². The summed E-state index contributed by atoms with van der Waals surface area (Å²) < 4.78 is 0. The molecule has 5 nitrogen and oxygen atoms in total. The minimum absolute atomic E-state index is 0.0291. The van der Waals surface area contributed by atoms with Crippen LogP contribution in [0.5, 0.6) is 0 Å². The Balaban J connectivity index is 1.87. The Kier molecular flexibility index (Phi) is 5.67. The van der Waals surface area contributed by atoms with Gasteiger partial charge in [-0.05, 0) is 37.0 Å². The van der Waals surface area contributed by atoms with Gasteiger partial charge >= 0.3 is 0 Å². The van der Waals surface area contributed by atoms with Crippen LogP contribution >= 0.6 is 23.2 Å². The van der Waals surface area contributed by atoms with Gasteiger partial charge in [-0.3, -0.25) is 0 Å². The summed E-state index contributed by atoms with van der Waals surface area (Å²) in [6.45, 7) is 4.12. The molecular weight excluding hydrogens is 359 g/mol. The Labute approximate surface area is 157 Å². The third-order valence-corrected chi connectivity index (χ3v) is 4.63. The van der Waals surface area contributed by atoms with E-state index in [4.69, 9.17) is 23.2 Å². The second-order valence-corrected chi connectivity index (χ2v) is 7.61. The van der Waals surface area contributed by atoms with E-state index in [2.05, 4.69) is 20.6 Å². The van der Waals surface area contributed by atoms with Crippen molar-refractivity contribution >= 4 is 40.7 Å². The molecule has 1 aromatic heterocycles. The number of anilines is 3. The maximum Gasteiger partial charge on any atom is 0.225 e. The van der Waals surface area contributed by atoms with Crippen LogP contribution in [-0.4, -0.2) is 27.7 Å². The molecule has 7 heteroatoms. The van der Waals surface area contributed by atoms with Gasteiger partial charge in [0, 0.05) is 27.7 Å². The zero-order valence-corrected chi connectivity index (χ0v) is 15.8. The Morgan fingerprint density at radius 1 is 1.12 bits per heavy atom. The van der Waals surface area contributed by atoms with Gasteiger partial charge in [0.15, 0.2) is 0 Å². The number of nitrogens with one attached hydrogen (secondary N) is 2. The van der Waals surface area contributed by atoms with Gasteiger partial charge in [-0.1, -0.05) is 37.0 Å². The van der Waals surface area contributed by atoms with E-state index in [-0.39, 0.29) is 18.6 Å². The number of benzene rings is 1. The van der Waals surface area contributed by atoms with Crippen LogP contribution in [0.25, 0.3) is 0 Å². The summed E-state index contributed by atoms with van der Waals surface area (Å²) in [6.07, 6.45) is 2.29. The molecule has 1 atom stereocenters. The summed E-state index contributed by atoms with van der Waals surface area (Å²) in [6, 6.07) is 7.14. The number of aromatic nitrogens is 2. The number of rotatable bonds is 7. The molecule has 134 valence electrons. The SMILES string of the molecule is CC(C)[C@@H](CO)Nc1nc(Nc2cc(Cl)cc(Cl)c2)cc(C2CC2)n1. The molecule has 0 amide bonds. The van der Waals surface area contributed by atoms with Crippen LogP contribution in [0.1, 0.15) is 38.3 Å². The van der Waals surface area contributed by atoms with E-state index in [0.717, 1.165) is 24.2 Å². The fraction of sp³-hybridized carbons (Fsp3) is 0.444. The van der Waals surface area contributed by atoms with Crippen molar-refractivity contribution in [3.05, 3.63) is 40.0 Å². The molecular formula is C18H22Cl2N4O. The highest BCUT2D eigenvalue weighted by atomic mass is 35.5. The van der Waals surface area contributed by atoms with Crippen LogP contribution in [0, 0.1) is 5.92 Å². The maximum atomic E-state index is 9.55. The summed E-state index contributed by atoms with van der Waals surface area (Å²) in [5.74, 6) is 1.95. The van der Waals surface area contributed by atoms with Crippen molar-refractivity contribution in [1.82, 2.24) is 9.97 Å². The lowest BCUT2D eigenvalue weighted by Crippen LogP contribution is -2.30. The standard InChI is InChI=1S/C18H22Cl2N4O/c1-10(2)16(9-25)23-18-22-15(11-3-4-11)8-17(24-18)21-14-6-12(19)5-13(20)7-14/h5-8,10-11,16,25H,3-4,9H2,1-2H3,(H2,21,22,23,24)/t16-/m1/s1. The molecule has 3 N–H and O–H groups in total. The highest BCUT2D eigenvalue weighted by molar-refractivity contribution is 6.35. The summed E-state index contributed by atoms with van der Waals surface area (Å²) in [5, 5.41) is 17.2. The van der Waals surface area contributed by atoms with Gasteiger partial charge in [-0.2, -0.15) is 4.98 Å². The predicted molar refractivity (Wildman–Crippen MR) is 103 cm³/mol. The minimum Gasteiger partial charge on any atom is -0.394 e. The lowest BCUT2D eigenvalue weighted by molar-refractivity contribution is 0.248. The molecule has 0 aliphatic heterocycles. The van der Waals surface area contributed by atoms with Gasteiger partial charge in [0.25, 0.3) is 0 Å². The van der Waals surface area contributed by atoms with Gasteiger partial charge < -0.3 is 15.7 Å². The van der Waals surface area contributed by atoms with Crippen LogP contribution in [0.15, 0.2) is 24.3 Å². The van der Waals surface area contributed by atoms with Crippen LogP contribution in [0.3, 0.4) is 0 Å². The van der Waals surface area contributed by atoms with Gasteiger partial charge in [0.05, 0.1) is 18.3 Å². The van der Waals surface area contributed by atoms with E-state index in [1.165, 1.54) is 0 Å². The molecule has 25 heavy (non-hydrogen) atoms. The number of hydrogen-bond donors (Lipinski definition) is 3. The van der Waals surface area contributed by atoms with E-state index >= 15 is 0 Å². The normalized spacial score (nSPS) is 15.3. The highest BCUT2D eigenvalue weighted by Crippen LogP contribution is 2.40. The van der Waals surface area contributed by atoms with Crippen LogP contribution < -0.4 is 10.6 Å². The Morgan fingerprint density at radius 2 is 1.80 bits per heavy atom. The fourth-order valence-electron chi connectivity index (χ4n) is 2.55. The monoisotopic (exact) mass is 380 g/mol. The van der Waals surface area contributed by atoms with Crippen molar-refractivity contribution in [3.63, 3.8) is 0 Å². The second-order valence-electron chi connectivity index (χ2n) is 6.74. The largest absolute Gasteiger partial charge is 0.394 e. The lowest BCUT2D eigenvalue weighted by atomic mass is 10.1. The third-order valence-electron chi connectivity index (χ3n) is 4.19. The first-order chi connectivity index (χ1) is 11.9. The summed E-state index contributed by atoms with van der Waals surface area (Å²) in [4.78, 5) is 9.15. The molecule has 0 bridgehead atoms. The topological polar surface area (TPSA) is 70.1 Å². The molecule has 0 unspecified atom stereocenters. The van der Waals surface area contributed by atoms with Crippen molar-refractivity contribution in [2.75, 3.05) is 17.2 Å². The number of halogens is 2. The molecule has 0 radical (unpaired) electrons. The first-order valence-corrected chi connectivity index (χ1v) is 9.19. The number of hydrogen-bond acceptors (Lipinski definition) is 5. The average Bonchev–Trinajstić information content (AvgIpc) is 3.36. The summed E-state index contributed by atoms with van der Waals surface area (Å²) >= 11 is 12.1. The maximum absolute atomic E-state index is 9.55. The summed E-state index contributed by atoms with van der Waals surface area (Å²) in [7, 11) is 0. The van der Waals surface area contributed by atoms with Gasteiger partial charge in [-0.25, -0.2) is 4.98 Å². The molecule has 1 heterocycles. The molecule has 1 saturated carbocycles. The Morgan fingerprint density at radius 3 is 2.36 bits per heavy atom. The molecule has 0 saturated heterocycles. The number of aliphatic hydroxyl groups excluding tert-OH is 1. The first kappa shape index (κ1) is 18.2. The van der Waals surface area contributed by atoms with Crippen molar-refractivity contribution in [3.8, 4) is 0 Å². The molecule has 1 aliphatic rings. The van der Waals surface area contributed by atoms with E-state index < -0.39 is 0 Å². The van der Waals surface area contributed by atoms with Crippen molar-refractivity contribution in [2.45, 2.75) is 38.6 Å².